The number of rotatable bonds is 4. The smallest absolute Gasteiger partial charge is 0.254 e. The van der Waals surface area contributed by atoms with Crippen molar-refractivity contribution in [3.05, 3.63) is 52.9 Å². The molecule has 0 aliphatic carbocycles. The highest BCUT2D eigenvalue weighted by molar-refractivity contribution is 6.01. The zero-order chi connectivity index (χ0) is 17.1. The predicted octanol–water partition coefficient (Wildman–Crippen LogP) is 3.79. The molecule has 0 bridgehead atoms. The highest BCUT2D eigenvalue weighted by Gasteiger charge is 2.20. The van der Waals surface area contributed by atoms with Gasteiger partial charge in [0.1, 0.15) is 11.4 Å². The molecule has 0 saturated heterocycles. The molecule has 2 rings (SSSR count). The number of anilines is 1. The normalized spacial score (nSPS) is 11.5. The van der Waals surface area contributed by atoms with E-state index in [1.165, 1.54) is 7.11 Å². The number of aryl methyl sites for hydroxylation is 1. The van der Waals surface area contributed by atoms with Crippen molar-refractivity contribution < 1.29 is 22.3 Å². The van der Waals surface area contributed by atoms with E-state index in [4.69, 9.17) is 4.74 Å². The Morgan fingerprint density at radius 3 is 2.30 bits per heavy atom. The third kappa shape index (κ3) is 3.41. The fourth-order valence-electron chi connectivity index (χ4n) is 1.89. The van der Waals surface area contributed by atoms with E-state index in [-0.39, 0.29) is 0 Å². The minimum absolute atomic E-state index is 0.307. The molecule has 1 N–H and O–H groups in total. The van der Waals surface area contributed by atoms with Crippen molar-refractivity contribution >= 4 is 11.4 Å². The Bertz CT molecular complexity index is 752. The van der Waals surface area contributed by atoms with E-state index >= 15 is 0 Å². The van der Waals surface area contributed by atoms with Crippen LogP contribution in [0.15, 0.2) is 23.3 Å². The average molecular weight is 327 g/mol. The van der Waals surface area contributed by atoms with Gasteiger partial charge in [0.25, 0.3) is 11.9 Å². The van der Waals surface area contributed by atoms with Gasteiger partial charge in [0.05, 0.1) is 12.8 Å². The van der Waals surface area contributed by atoms with E-state index in [0.717, 1.165) is 5.56 Å². The lowest BCUT2D eigenvalue weighted by Crippen LogP contribution is -2.08. The maximum atomic E-state index is 13.5. The van der Waals surface area contributed by atoms with Gasteiger partial charge in [-0.25, -0.2) is 0 Å². The second-order valence-corrected chi connectivity index (χ2v) is 4.71. The summed E-state index contributed by atoms with van der Waals surface area (Å²) in [5, 5.41) is 3.76. The summed E-state index contributed by atoms with van der Waals surface area (Å²) < 4.78 is 58.3. The van der Waals surface area contributed by atoms with Crippen molar-refractivity contribution in [3.63, 3.8) is 0 Å². The van der Waals surface area contributed by atoms with Crippen LogP contribution in [0.4, 0.5) is 23.2 Å². The zero-order valence-corrected chi connectivity index (χ0v) is 12.5. The van der Waals surface area contributed by atoms with Gasteiger partial charge >= 0.3 is 0 Å². The molecule has 0 spiro atoms. The second kappa shape index (κ2) is 6.64. The van der Waals surface area contributed by atoms with Gasteiger partial charge in [0.15, 0.2) is 0 Å². The van der Waals surface area contributed by atoms with Gasteiger partial charge < -0.3 is 4.74 Å². The Morgan fingerprint density at radius 2 is 1.74 bits per heavy atom. The van der Waals surface area contributed by atoms with E-state index < -0.39 is 29.2 Å². The van der Waals surface area contributed by atoms with Gasteiger partial charge in [-0.05, 0) is 26.0 Å². The molecule has 0 fully saturated rings. The second-order valence-electron chi connectivity index (χ2n) is 4.71. The number of ether oxygens (including phenoxy) is 1. The van der Waals surface area contributed by atoms with Crippen LogP contribution in [0, 0.1) is 30.5 Å². The van der Waals surface area contributed by atoms with Gasteiger partial charge in [-0.2, -0.15) is 27.6 Å². The van der Waals surface area contributed by atoms with Crippen LogP contribution in [0.5, 0.6) is 5.75 Å². The minimum Gasteiger partial charge on any atom is -0.496 e. The van der Waals surface area contributed by atoms with Gasteiger partial charge in [0.2, 0.25) is 11.6 Å². The average Bonchev–Trinajstić information content (AvgIpc) is 2.52. The lowest BCUT2D eigenvalue weighted by molar-refractivity contribution is 0.410. The van der Waals surface area contributed by atoms with Crippen LogP contribution in [-0.4, -0.2) is 17.8 Å². The predicted molar refractivity (Wildman–Crippen MR) is 77.6 cm³/mol. The highest BCUT2D eigenvalue weighted by atomic mass is 19.2. The Kier molecular flexibility index (Phi) is 4.83. The summed E-state index contributed by atoms with van der Waals surface area (Å²) in [5.41, 5.74) is 2.72. The fourth-order valence-corrected chi connectivity index (χ4v) is 1.89. The van der Waals surface area contributed by atoms with Gasteiger partial charge in [-0.3, -0.25) is 5.43 Å². The highest BCUT2D eigenvalue weighted by Crippen LogP contribution is 2.24. The Labute approximate surface area is 129 Å². The number of aromatic nitrogens is 1. The Hall–Kier alpha value is -2.64. The topological polar surface area (TPSA) is 46.5 Å². The maximum absolute atomic E-state index is 13.5. The van der Waals surface area contributed by atoms with E-state index in [2.05, 4.69) is 10.1 Å². The summed E-state index contributed by atoms with van der Waals surface area (Å²) in [6.45, 7) is 3.39. The molecular weight excluding hydrogens is 314 g/mol. The van der Waals surface area contributed by atoms with Crippen LogP contribution >= 0.6 is 0 Å². The molecule has 0 atom stereocenters. The molecule has 23 heavy (non-hydrogen) atoms. The lowest BCUT2D eigenvalue weighted by Gasteiger charge is -2.10. The number of methoxy groups -OCH3 is 1. The minimum atomic E-state index is -1.76. The van der Waals surface area contributed by atoms with E-state index in [9.17, 15) is 17.6 Å². The molecule has 1 heterocycles. The summed E-state index contributed by atoms with van der Waals surface area (Å²) >= 11 is 0. The number of pyridine rings is 1. The third-order valence-electron chi connectivity index (χ3n) is 3.08. The molecule has 1 aromatic heterocycles. The van der Waals surface area contributed by atoms with Crippen LogP contribution < -0.4 is 10.2 Å². The first kappa shape index (κ1) is 16.7. The number of hydrazone groups is 1. The third-order valence-corrected chi connectivity index (χ3v) is 3.08. The lowest BCUT2D eigenvalue weighted by atomic mass is 10.1. The first-order valence-corrected chi connectivity index (χ1v) is 6.50. The SMILES string of the molecule is COc1ccc(C)cc1/C(C)=N\Nc1c(F)c(F)nc(F)c1F. The van der Waals surface area contributed by atoms with E-state index in [1.807, 2.05) is 18.4 Å². The van der Waals surface area contributed by atoms with Crippen LogP contribution in [0.25, 0.3) is 0 Å². The van der Waals surface area contributed by atoms with Crippen molar-refractivity contribution in [1.29, 1.82) is 0 Å². The standard InChI is InChI=1S/C15H13F4N3O/c1-7-4-5-10(23-3)9(6-7)8(2)21-22-13-11(16)14(18)20-15(19)12(13)17/h4-6H,1-3H3,(H,20,22)/b21-8-. The van der Waals surface area contributed by atoms with Crippen molar-refractivity contribution in [2.75, 3.05) is 12.5 Å². The van der Waals surface area contributed by atoms with Crippen molar-refractivity contribution in [2.24, 2.45) is 5.10 Å². The molecule has 2 aromatic rings. The molecule has 8 heteroatoms. The molecule has 0 saturated carbocycles. The molecule has 0 aliphatic heterocycles. The van der Waals surface area contributed by atoms with Crippen molar-refractivity contribution in [1.82, 2.24) is 4.98 Å². The number of hydrogen-bond donors (Lipinski definition) is 1. The molecule has 0 aliphatic rings. The first-order valence-electron chi connectivity index (χ1n) is 6.50. The van der Waals surface area contributed by atoms with E-state index in [0.29, 0.717) is 17.0 Å². The Balaban J connectivity index is 2.40. The largest absolute Gasteiger partial charge is 0.496 e. The van der Waals surface area contributed by atoms with Crippen LogP contribution in [0.1, 0.15) is 18.1 Å². The number of benzene rings is 1. The van der Waals surface area contributed by atoms with Crippen LogP contribution in [-0.2, 0) is 0 Å². The summed E-state index contributed by atoms with van der Waals surface area (Å²) in [6, 6.07) is 5.27. The summed E-state index contributed by atoms with van der Waals surface area (Å²) in [7, 11) is 1.46. The maximum Gasteiger partial charge on any atom is 0.254 e. The number of halogens is 4. The summed E-state index contributed by atoms with van der Waals surface area (Å²) in [5.74, 6) is -6.33. The quantitative estimate of drug-likeness (QED) is 0.402. The molecule has 0 unspecified atom stereocenters. The molecule has 0 amide bonds. The zero-order valence-electron chi connectivity index (χ0n) is 12.5. The van der Waals surface area contributed by atoms with Gasteiger partial charge in [0, 0.05) is 5.56 Å². The molecule has 4 nitrogen and oxygen atoms in total. The summed E-state index contributed by atoms with van der Waals surface area (Å²) in [4.78, 5) is 2.47. The van der Waals surface area contributed by atoms with Crippen LogP contribution in [0.3, 0.4) is 0 Å². The molecule has 1 aromatic carbocycles. The number of nitrogens with zero attached hydrogens (tertiary/aromatic N) is 2. The van der Waals surface area contributed by atoms with Crippen molar-refractivity contribution in [3.8, 4) is 5.75 Å². The Morgan fingerprint density at radius 1 is 1.13 bits per heavy atom. The first-order chi connectivity index (χ1) is 10.8. The molecular formula is C15H13F4N3O. The van der Waals surface area contributed by atoms with Crippen molar-refractivity contribution in [2.45, 2.75) is 13.8 Å². The number of nitrogens with one attached hydrogen (secondary N) is 1. The molecule has 122 valence electrons. The summed E-state index contributed by atoms with van der Waals surface area (Å²) in [6.07, 6.45) is 0. The van der Waals surface area contributed by atoms with Gasteiger partial charge in [-0.15, -0.1) is 0 Å². The van der Waals surface area contributed by atoms with E-state index in [1.54, 1.807) is 19.1 Å². The fraction of sp³-hybridized carbons (Fsp3) is 0.200. The number of hydrogen-bond acceptors (Lipinski definition) is 4. The van der Waals surface area contributed by atoms with Crippen LogP contribution in [0.2, 0.25) is 0 Å². The monoisotopic (exact) mass is 327 g/mol. The van der Waals surface area contributed by atoms with Gasteiger partial charge in [-0.1, -0.05) is 11.6 Å². The molecule has 0 radical (unpaired) electrons.